The Morgan fingerprint density at radius 1 is 0.411 bits per heavy atom. The minimum atomic E-state index is 0.563. The highest BCUT2D eigenvalue weighted by atomic mass is 16.3. The molecule has 4 aromatic heterocycles. The van der Waals surface area contributed by atoms with Crippen LogP contribution in [0.15, 0.2) is 138 Å². The van der Waals surface area contributed by atoms with Gasteiger partial charge in [-0.25, -0.2) is 4.98 Å². The molecule has 0 radical (unpaired) electrons. The Morgan fingerprint density at radius 2 is 0.929 bits per heavy atom. The SMILES string of the molecule is Bc1c(B)c(B)c(-c2nc(-c3ccc4c(c3)oc3ccccc34)nc(-n3c4ccccc4c4ccc5c6ccccc6n(-c6ccccc6)c5c43)n2)c(B)c1B. The summed E-state index contributed by atoms with van der Waals surface area (Å²) in [6.45, 7) is 0. The lowest BCUT2D eigenvalue weighted by atomic mass is 9.60. The van der Waals surface area contributed by atoms with Crippen LogP contribution in [-0.2, 0) is 0 Å². The van der Waals surface area contributed by atoms with Gasteiger partial charge in [-0.05, 0) is 42.5 Å². The van der Waals surface area contributed by atoms with Crippen LogP contribution in [0.2, 0.25) is 0 Å². The maximum atomic E-state index is 6.38. The van der Waals surface area contributed by atoms with Crippen molar-refractivity contribution in [3.05, 3.63) is 133 Å². The first kappa shape index (κ1) is 32.7. The van der Waals surface area contributed by atoms with E-state index in [0.717, 1.165) is 71.6 Å². The van der Waals surface area contributed by atoms with Crippen molar-refractivity contribution in [2.45, 2.75) is 0 Å². The van der Waals surface area contributed by atoms with Crippen LogP contribution in [0.5, 0.6) is 0 Å². The van der Waals surface area contributed by atoms with Gasteiger partial charge in [0.05, 0.1) is 22.1 Å². The average molecular weight is 713 g/mol. The first-order chi connectivity index (χ1) is 27.4. The molecule has 0 atom stereocenters. The monoisotopic (exact) mass is 713 g/mol. The smallest absolute Gasteiger partial charge is 0.238 e. The maximum Gasteiger partial charge on any atom is 0.238 e. The predicted molar refractivity (Wildman–Crippen MR) is 248 cm³/mol. The summed E-state index contributed by atoms with van der Waals surface area (Å²) in [5, 5.41) is 6.78. The van der Waals surface area contributed by atoms with Gasteiger partial charge in [-0.2, -0.15) is 9.97 Å². The molecule has 0 aliphatic heterocycles. The Labute approximate surface area is 327 Å². The lowest BCUT2D eigenvalue weighted by Gasteiger charge is -2.20. The van der Waals surface area contributed by atoms with Crippen LogP contribution < -0.4 is 27.3 Å². The number of hydrogen-bond acceptors (Lipinski definition) is 4. The third-order valence-corrected chi connectivity index (χ3v) is 12.2. The second kappa shape index (κ2) is 12.1. The molecule has 0 bridgehead atoms. The van der Waals surface area contributed by atoms with E-state index in [2.05, 4.69) is 164 Å². The third-order valence-electron chi connectivity index (χ3n) is 12.2. The van der Waals surface area contributed by atoms with Crippen molar-refractivity contribution in [2.75, 3.05) is 0 Å². The molecule has 0 amide bonds. The van der Waals surface area contributed by atoms with Crippen molar-refractivity contribution in [3.8, 4) is 34.4 Å². The largest absolute Gasteiger partial charge is 0.456 e. The standard InChI is InChI=1S/C45H32B5N5O/c46-36-35(37(47)39(49)40(50)38(36)48)44-51-43(23-18-19-28-27-14-6-9-17-33(27)56-34(28)22-23)52-45(53-44)55-32-16-8-5-13-26(32)30-21-20-29-25-12-4-7-15-31(25)54(41(29)42(30)55)24-10-2-1-3-11-24/h1-22H,46-50H2. The molecular formula is C45H32B5N5O. The first-order valence-corrected chi connectivity index (χ1v) is 19.1. The number of para-hydroxylation sites is 4. The van der Waals surface area contributed by atoms with E-state index in [1.165, 1.54) is 38.1 Å². The summed E-state index contributed by atoms with van der Waals surface area (Å²) >= 11 is 0. The number of rotatable bonds is 4. The molecular weight excluding hydrogens is 681 g/mol. The second-order valence-electron chi connectivity index (χ2n) is 15.0. The summed E-state index contributed by atoms with van der Waals surface area (Å²) in [7, 11) is 11.0. The van der Waals surface area contributed by atoms with E-state index < -0.39 is 0 Å². The van der Waals surface area contributed by atoms with Crippen molar-refractivity contribution >= 4 is 132 Å². The molecule has 0 spiro atoms. The van der Waals surface area contributed by atoms with Crippen molar-refractivity contribution in [3.63, 3.8) is 0 Å². The van der Waals surface area contributed by atoms with Gasteiger partial charge in [-0.15, -0.1) is 16.4 Å². The maximum absolute atomic E-state index is 6.38. The summed E-state index contributed by atoms with van der Waals surface area (Å²) in [6, 6.07) is 46.9. The molecule has 0 saturated carbocycles. The quantitative estimate of drug-likeness (QED) is 0.264. The van der Waals surface area contributed by atoms with Crippen molar-refractivity contribution in [1.29, 1.82) is 0 Å². The van der Waals surface area contributed by atoms with Gasteiger partial charge >= 0.3 is 0 Å². The summed E-state index contributed by atoms with van der Waals surface area (Å²) in [5.41, 5.74) is 15.1. The lowest BCUT2D eigenvalue weighted by molar-refractivity contribution is 0.669. The molecule has 0 aliphatic rings. The van der Waals surface area contributed by atoms with Crippen molar-refractivity contribution in [1.82, 2.24) is 24.1 Å². The number of nitrogens with zero attached hydrogens (tertiary/aromatic N) is 5. The second-order valence-corrected chi connectivity index (χ2v) is 15.0. The molecule has 0 fully saturated rings. The molecule has 11 aromatic rings. The van der Waals surface area contributed by atoms with E-state index in [-0.39, 0.29) is 0 Å². The highest BCUT2D eigenvalue weighted by Gasteiger charge is 2.25. The van der Waals surface area contributed by atoms with Crippen LogP contribution in [-0.4, -0.2) is 63.3 Å². The van der Waals surface area contributed by atoms with Gasteiger partial charge in [0.15, 0.2) is 11.6 Å². The molecule has 0 aliphatic carbocycles. The zero-order chi connectivity index (χ0) is 37.8. The molecule has 4 heterocycles. The third kappa shape index (κ3) is 4.60. The fraction of sp³-hybridized carbons (Fsp3) is 0. The first-order valence-electron chi connectivity index (χ1n) is 19.1. The Balaban J connectivity index is 1.29. The normalized spacial score (nSPS) is 11.9. The van der Waals surface area contributed by atoms with E-state index in [1.54, 1.807) is 0 Å². The van der Waals surface area contributed by atoms with E-state index in [1.807, 2.05) is 18.2 Å². The molecule has 6 nitrogen and oxygen atoms in total. The van der Waals surface area contributed by atoms with Crippen LogP contribution in [0.25, 0.3) is 100.0 Å². The summed E-state index contributed by atoms with van der Waals surface area (Å²) < 4.78 is 11.0. The van der Waals surface area contributed by atoms with Gasteiger partial charge in [-0.1, -0.05) is 102 Å². The molecule has 11 heteroatoms. The number of fused-ring (bicyclic) bond motifs is 10. The van der Waals surface area contributed by atoms with Crippen molar-refractivity contribution in [2.24, 2.45) is 0 Å². The summed E-state index contributed by atoms with van der Waals surface area (Å²) in [6.07, 6.45) is 0. The Kier molecular flexibility index (Phi) is 7.08. The van der Waals surface area contributed by atoms with Crippen molar-refractivity contribution < 1.29 is 4.42 Å². The molecule has 0 saturated heterocycles. The molecule has 11 rings (SSSR count). The van der Waals surface area contributed by atoms with Crippen LogP contribution in [0, 0.1) is 0 Å². The molecule has 56 heavy (non-hydrogen) atoms. The van der Waals surface area contributed by atoms with E-state index >= 15 is 0 Å². The predicted octanol–water partition coefficient (Wildman–Crippen LogP) is 2.59. The minimum absolute atomic E-state index is 0.563. The number of aromatic nitrogens is 5. The highest BCUT2D eigenvalue weighted by Crippen LogP contribution is 2.41. The zero-order valence-electron chi connectivity index (χ0n) is 31.8. The van der Waals surface area contributed by atoms with Gasteiger partial charge in [0.2, 0.25) is 5.95 Å². The molecule has 258 valence electrons. The average Bonchev–Trinajstić information content (AvgIpc) is 3.90. The number of benzene rings is 7. The minimum Gasteiger partial charge on any atom is -0.456 e. The fourth-order valence-corrected chi connectivity index (χ4v) is 8.96. The van der Waals surface area contributed by atoms with Gasteiger partial charge in [-0.3, -0.25) is 4.57 Å². The Hall–Kier alpha value is -6.73. The highest BCUT2D eigenvalue weighted by molar-refractivity contribution is 6.68. The number of hydrogen-bond donors (Lipinski definition) is 0. The van der Waals surface area contributed by atoms with Gasteiger partial charge < -0.3 is 8.98 Å². The van der Waals surface area contributed by atoms with Crippen LogP contribution >= 0.6 is 0 Å². The van der Waals surface area contributed by atoms with Gasteiger partial charge in [0.1, 0.15) is 50.4 Å². The topological polar surface area (TPSA) is 61.7 Å². The molecule has 7 aromatic carbocycles. The Morgan fingerprint density at radius 3 is 1.62 bits per heavy atom. The van der Waals surface area contributed by atoms with Crippen LogP contribution in [0.1, 0.15) is 0 Å². The lowest BCUT2D eigenvalue weighted by Crippen LogP contribution is -2.55. The van der Waals surface area contributed by atoms with E-state index in [0.29, 0.717) is 17.6 Å². The van der Waals surface area contributed by atoms with Gasteiger partial charge in [0.25, 0.3) is 0 Å². The molecule has 0 N–H and O–H groups in total. The number of furan rings is 1. The van der Waals surface area contributed by atoms with Gasteiger partial charge in [0, 0.05) is 49.1 Å². The fourth-order valence-electron chi connectivity index (χ4n) is 8.96. The summed E-state index contributed by atoms with van der Waals surface area (Å²) in [4.78, 5) is 16.2. The van der Waals surface area contributed by atoms with E-state index in [4.69, 9.17) is 19.4 Å². The summed E-state index contributed by atoms with van der Waals surface area (Å²) in [5.74, 6) is 1.80. The van der Waals surface area contributed by atoms with Crippen LogP contribution in [0.3, 0.4) is 0 Å². The van der Waals surface area contributed by atoms with Crippen LogP contribution in [0.4, 0.5) is 0 Å². The Bertz CT molecular complexity index is 3410. The van der Waals surface area contributed by atoms with E-state index in [9.17, 15) is 0 Å². The zero-order valence-corrected chi connectivity index (χ0v) is 31.8. The molecule has 0 unspecified atom stereocenters.